The largest absolute Gasteiger partial charge is 0.375 e. The zero-order valence-corrected chi connectivity index (χ0v) is 10.4. The summed E-state index contributed by atoms with van der Waals surface area (Å²) >= 11 is 0. The molecular weight excluding hydrogens is 174 g/mol. The van der Waals surface area contributed by atoms with Crippen LogP contribution >= 0.6 is 0 Å². The molecule has 0 saturated heterocycles. The molecule has 0 spiro atoms. The second kappa shape index (κ2) is 6.68. The van der Waals surface area contributed by atoms with Crippen molar-refractivity contribution in [2.24, 2.45) is 22.9 Å². The third-order valence-electron chi connectivity index (χ3n) is 2.55. The summed E-state index contributed by atoms with van der Waals surface area (Å²) in [4.78, 5) is 0. The SMILES string of the molecule is CN/C(=N\NCC(C)C(C)C)C(C)C. The molecule has 1 atom stereocenters. The maximum absolute atomic E-state index is 4.32. The van der Waals surface area contributed by atoms with Crippen molar-refractivity contribution in [2.75, 3.05) is 13.6 Å². The lowest BCUT2D eigenvalue weighted by Crippen LogP contribution is -2.29. The van der Waals surface area contributed by atoms with Crippen LogP contribution in [-0.2, 0) is 0 Å². The van der Waals surface area contributed by atoms with E-state index in [2.05, 4.69) is 50.5 Å². The van der Waals surface area contributed by atoms with Gasteiger partial charge in [0.1, 0.15) is 5.84 Å². The van der Waals surface area contributed by atoms with Crippen molar-refractivity contribution in [1.29, 1.82) is 0 Å². The minimum atomic E-state index is 0.446. The molecule has 84 valence electrons. The van der Waals surface area contributed by atoms with Crippen LogP contribution in [0.1, 0.15) is 34.6 Å². The minimum absolute atomic E-state index is 0.446. The summed E-state index contributed by atoms with van der Waals surface area (Å²) in [6, 6.07) is 0. The monoisotopic (exact) mass is 199 g/mol. The van der Waals surface area contributed by atoms with Crippen LogP contribution in [0.4, 0.5) is 0 Å². The summed E-state index contributed by atoms with van der Waals surface area (Å²) in [5.74, 6) is 2.82. The zero-order chi connectivity index (χ0) is 11.1. The average Bonchev–Trinajstić information content (AvgIpc) is 2.11. The number of hydrazone groups is 1. The molecule has 3 heteroatoms. The summed E-state index contributed by atoms with van der Waals surface area (Å²) < 4.78 is 0. The molecule has 0 heterocycles. The standard InChI is InChI=1S/C11H25N3/c1-8(2)10(5)7-13-14-11(12-6)9(3)4/h8-10,13H,7H2,1-6H3,(H,12,14). The Morgan fingerprint density at radius 2 is 1.71 bits per heavy atom. The molecule has 0 aliphatic carbocycles. The Bertz CT molecular complexity index is 173. The van der Waals surface area contributed by atoms with Crippen molar-refractivity contribution in [3.63, 3.8) is 0 Å². The summed E-state index contributed by atoms with van der Waals surface area (Å²) in [6.07, 6.45) is 0. The third-order valence-corrected chi connectivity index (χ3v) is 2.55. The van der Waals surface area contributed by atoms with Crippen molar-refractivity contribution in [3.8, 4) is 0 Å². The van der Waals surface area contributed by atoms with Gasteiger partial charge in [-0.25, -0.2) is 0 Å². The Morgan fingerprint density at radius 3 is 2.07 bits per heavy atom. The third kappa shape index (κ3) is 5.10. The fraction of sp³-hybridized carbons (Fsp3) is 0.909. The van der Waals surface area contributed by atoms with Crippen LogP contribution in [0.2, 0.25) is 0 Å². The molecule has 3 nitrogen and oxygen atoms in total. The van der Waals surface area contributed by atoms with Crippen molar-refractivity contribution >= 4 is 5.84 Å². The second-order valence-electron chi connectivity index (χ2n) is 4.49. The first-order valence-electron chi connectivity index (χ1n) is 5.47. The molecule has 2 N–H and O–H groups in total. The lowest BCUT2D eigenvalue weighted by atomic mass is 9.99. The van der Waals surface area contributed by atoms with Gasteiger partial charge in [0, 0.05) is 19.5 Å². The predicted octanol–water partition coefficient (Wildman–Crippen LogP) is 2.06. The number of amidine groups is 1. The number of hydrogen-bond acceptors (Lipinski definition) is 2. The number of rotatable bonds is 5. The molecule has 0 aromatic heterocycles. The first-order valence-corrected chi connectivity index (χ1v) is 5.47. The van der Waals surface area contributed by atoms with Gasteiger partial charge < -0.3 is 10.7 Å². The maximum atomic E-state index is 4.32. The van der Waals surface area contributed by atoms with Crippen LogP contribution in [0.3, 0.4) is 0 Å². The van der Waals surface area contributed by atoms with Gasteiger partial charge in [-0.2, -0.15) is 5.10 Å². The van der Waals surface area contributed by atoms with Crippen LogP contribution in [-0.4, -0.2) is 19.4 Å². The van der Waals surface area contributed by atoms with Gasteiger partial charge in [-0.05, 0) is 11.8 Å². The van der Waals surface area contributed by atoms with Crippen molar-refractivity contribution < 1.29 is 0 Å². The molecule has 0 fully saturated rings. The van der Waals surface area contributed by atoms with E-state index in [9.17, 15) is 0 Å². The fourth-order valence-electron chi connectivity index (χ4n) is 0.984. The van der Waals surface area contributed by atoms with Gasteiger partial charge in [0.15, 0.2) is 0 Å². The summed E-state index contributed by atoms with van der Waals surface area (Å²) in [5, 5.41) is 7.41. The smallest absolute Gasteiger partial charge is 0.124 e. The molecule has 0 radical (unpaired) electrons. The van der Waals surface area contributed by atoms with E-state index in [0.717, 1.165) is 12.4 Å². The van der Waals surface area contributed by atoms with Crippen molar-refractivity contribution in [3.05, 3.63) is 0 Å². The summed E-state index contributed by atoms with van der Waals surface area (Å²) in [6.45, 7) is 11.9. The molecule has 1 unspecified atom stereocenters. The molecule has 0 aromatic rings. The maximum Gasteiger partial charge on any atom is 0.124 e. The van der Waals surface area contributed by atoms with Gasteiger partial charge in [-0.3, -0.25) is 0 Å². The van der Waals surface area contributed by atoms with E-state index in [0.29, 0.717) is 17.8 Å². The summed E-state index contributed by atoms with van der Waals surface area (Å²) in [7, 11) is 1.91. The lowest BCUT2D eigenvalue weighted by molar-refractivity contribution is 0.397. The molecule has 14 heavy (non-hydrogen) atoms. The van der Waals surface area contributed by atoms with Gasteiger partial charge >= 0.3 is 0 Å². The molecule has 0 aromatic carbocycles. The quantitative estimate of drug-likeness (QED) is 0.404. The molecule has 0 amide bonds. The Hall–Kier alpha value is -0.730. The van der Waals surface area contributed by atoms with Gasteiger partial charge in [0.25, 0.3) is 0 Å². The normalized spacial score (nSPS) is 14.7. The summed E-state index contributed by atoms with van der Waals surface area (Å²) in [5.41, 5.74) is 3.12. The highest BCUT2D eigenvalue weighted by molar-refractivity contribution is 5.83. The molecule has 0 rings (SSSR count). The van der Waals surface area contributed by atoms with Crippen LogP contribution in [0.15, 0.2) is 5.10 Å². The van der Waals surface area contributed by atoms with Crippen molar-refractivity contribution in [1.82, 2.24) is 10.7 Å². The van der Waals surface area contributed by atoms with Gasteiger partial charge in [-0.1, -0.05) is 34.6 Å². The van der Waals surface area contributed by atoms with Crippen LogP contribution < -0.4 is 10.7 Å². The van der Waals surface area contributed by atoms with E-state index < -0.39 is 0 Å². The van der Waals surface area contributed by atoms with Crippen molar-refractivity contribution in [2.45, 2.75) is 34.6 Å². The predicted molar refractivity (Wildman–Crippen MR) is 63.3 cm³/mol. The van der Waals surface area contributed by atoms with E-state index >= 15 is 0 Å². The van der Waals surface area contributed by atoms with E-state index in [4.69, 9.17) is 0 Å². The molecule has 0 saturated carbocycles. The van der Waals surface area contributed by atoms with E-state index in [1.165, 1.54) is 0 Å². The Kier molecular flexibility index (Phi) is 6.34. The number of nitrogens with one attached hydrogen (secondary N) is 2. The Labute approximate surface area is 88.4 Å². The van der Waals surface area contributed by atoms with Gasteiger partial charge in [-0.15, -0.1) is 0 Å². The van der Waals surface area contributed by atoms with Crippen LogP contribution in [0.25, 0.3) is 0 Å². The first-order chi connectivity index (χ1) is 6.49. The minimum Gasteiger partial charge on any atom is -0.375 e. The van der Waals surface area contributed by atoms with E-state index in [-0.39, 0.29) is 0 Å². The average molecular weight is 199 g/mol. The highest BCUT2D eigenvalue weighted by Gasteiger charge is 2.06. The Morgan fingerprint density at radius 1 is 1.14 bits per heavy atom. The molecule has 0 aliphatic heterocycles. The number of hydrogen-bond donors (Lipinski definition) is 2. The molecule has 0 aliphatic rings. The van der Waals surface area contributed by atoms with Gasteiger partial charge in [0.2, 0.25) is 0 Å². The second-order valence-corrected chi connectivity index (χ2v) is 4.49. The first kappa shape index (κ1) is 13.3. The van der Waals surface area contributed by atoms with Crippen LogP contribution in [0.5, 0.6) is 0 Å². The van der Waals surface area contributed by atoms with E-state index in [1.807, 2.05) is 7.05 Å². The molecule has 0 bridgehead atoms. The highest BCUT2D eigenvalue weighted by Crippen LogP contribution is 2.07. The van der Waals surface area contributed by atoms with Gasteiger partial charge in [0.05, 0.1) is 0 Å². The zero-order valence-electron chi connectivity index (χ0n) is 10.4. The molecular formula is C11H25N3. The highest BCUT2D eigenvalue weighted by atomic mass is 15.3. The Balaban J connectivity index is 3.90. The van der Waals surface area contributed by atoms with E-state index in [1.54, 1.807) is 0 Å². The lowest BCUT2D eigenvalue weighted by Gasteiger charge is -2.16. The topological polar surface area (TPSA) is 36.4 Å². The number of nitrogens with zero attached hydrogens (tertiary/aromatic N) is 1. The van der Waals surface area contributed by atoms with Crippen LogP contribution in [0, 0.1) is 17.8 Å². The fourth-order valence-corrected chi connectivity index (χ4v) is 0.984.